The van der Waals surface area contributed by atoms with E-state index >= 15 is 0 Å². The number of halogens is 2. The Morgan fingerprint density at radius 1 is 1.03 bits per heavy atom. The highest BCUT2D eigenvalue weighted by Gasteiger charge is 2.27. The largest absolute Gasteiger partial charge is 0.488 e. The minimum Gasteiger partial charge on any atom is -0.488 e. The van der Waals surface area contributed by atoms with E-state index in [0.717, 1.165) is 0 Å². The maximum absolute atomic E-state index is 13.1. The smallest absolute Gasteiger partial charge is 0.274 e. The Morgan fingerprint density at radius 2 is 1.79 bits per heavy atom. The van der Waals surface area contributed by atoms with Gasteiger partial charge in [0.2, 0.25) is 0 Å². The number of aromatic amines is 1. The molecule has 164 valence electrons. The van der Waals surface area contributed by atoms with Crippen molar-refractivity contribution in [2.24, 2.45) is 0 Å². The summed E-state index contributed by atoms with van der Waals surface area (Å²) in [5.74, 6) is -0.648. The molecule has 0 atom stereocenters. The molecule has 5 rings (SSSR count). The summed E-state index contributed by atoms with van der Waals surface area (Å²) >= 11 is 6.05. The summed E-state index contributed by atoms with van der Waals surface area (Å²) in [6.45, 7) is 0.142. The first-order valence-corrected chi connectivity index (χ1v) is 10.2. The van der Waals surface area contributed by atoms with E-state index in [0.29, 0.717) is 39.5 Å². The Kier molecular flexibility index (Phi) is 5.23. The van der Waals surface area contributed by atoms with Gasteiger partial charge >= 0.3 is 0 Å². The lowest BCUT2D eigenvalue weighted by atomic mass is 10.0. The first kappa shape index (κ1) is 20.7. The van der Waals surface area contributed by atoms with Crippen LogP contribution in [0.2, 0.25) is 5.02 Å². The molecule has 3 heterocycles. The molecule has 1 aliphatic rings. The summed E-state index contributed by atoms with van der Waals surface area (Å²) in [6, 6.07) is 12.1. The Labute approximate surface area is 191 Å². The summed E-state index contributed by atoms with van der Waals surface area (Å²) in [4.78, 5) is 29.2. The zero-order valence-corrected chi connectivity index (χ0v) is 17.6. The molecule has 0 spiro atoms. The second-order valence-electron chi connectivity index (χ2n) is 7.20. The van der Waals surface area contributed by atoms with Gasteiger partial charge in [-0.3, -0.25) is 19.7 Å². The van der Waals surface area contributed by atoms with Crippen LogP contribution in [0.15, 0.2) is 60.9 Å². The van der Waals surface area contributed by atoms with Gasteiger partial charge in [0.05, 0.1) is 10.6 Å². The van der Waals surface area contributed by atoms with Gasteiger partial charge in [-0.05, 0) is 48.5 Å². The van der Waals surface area contributed by atoms with Gasteiger partial charge in [0.25, 0.3) is 11.8 Å². The van der Waals surface area contributed by atoms with E-state index in [1.807, 2.05) is 0 Å². The zero-order valence-electron chi connectivity index (χ0n) is 16.9. The predicted molar refractivity (Wildman–Crippen MR) is 120 cm³/mol. The SMILES string of the molecule is O=C(Nc1ccc2c(c1)-c1n[nH]c(C(=O)Nc3ccc(F)cc3)c1CO2)c1ccncc1Cl. The van der Waals surface area contributed by atoms with Crippen LogP contribution in [-0.2, 0) is 6.61 Å². The van der Waals surface area contributed by atoms with Crippen molar-refractivity contribution in [1.29, 1.82) is 0 Å². The van der Waals surface area contributed by atoms with E-state index in [1.54, 1.807) is 18.2 Å². The molecule has 0 saturated carbocycles. The van der Waals surface area contributed by atoms with E-state index in [2.05, 4.69) is 25.8 Å². The lowest BCUT2D eigenvalue weighted by molar-refractivity contribution is 0.101. The minimum atomic E-state index is -0.431. The topological polar surface area (TPSA) is 109 Å². The van der Waals surface area contributed by atoms with Crippen LogP contribution >= 0.6 is 11.6 Å². The molecule has 0 bridgehead atoms. The highest BCUT2D eigenvalue weighted by atomic mass is 35.5. The molecule has 2 amide bonds. The number of amides is 2. The molecule has 4 aromatic rings. The number of carbonyl (C=O) groups excluding carboxylic acids is 2. The van der Waals surface area contributed by atoms with Crippen LogP contribution in [0.1, 0.15) is 26.4 Å². The Balaban J connectivity index is 1.41. The third-order valence-electron chi connectivity index (χ3n) is 5.08. The number of H-pyrrole nitrogens is 1. The fourth-order valence-corrected chi connectivity index (χ4v) is 3.67. The quantitative estimate of drug-likeness (QED) is 0.408. The number of fused-ring (bicyclic) bond motifs is 3. The standard InChI is InChI=1S/C23H15ClFN5O3/c24-18-10-26-8-7-15(18)22(31)28-14-5-6-19-16(9-14)20-17(11-33-19)21(30-29-20)23(32)27-13-3-1-12(25)2-4-13/h1-10H,11H2,(H,27,32)(H,28,31)(H,29,30). The normalized spacial score (nSPS) is 11.7. The molecule has 0 saturated heterocycles. The molecular weight excluding hydrogens is 449 g/mol. The van der Waals surface area contributed by atoms with Crippen LogP contribution in [0.5, 0.6) is 5.75 Å². The summed E-state index contributed by atoms with van der Waals surface area (Å²) in [5.41, 5.74) is 3.21. The first-order chi connectivity index (χ1) is 16.0. The summed E-state index contributed by atoms with van der Waals surface area (Å²) in [7, 11) is 0. The van der Waals surface area contributed by atoms with Crippen LogP contribution in [0.25, 0.3) is 11.3 Å². The van der Waals surface area contributed by atoms with Gasteiger partial charge < -0.3 is 15.4 Å². The van der Waals surface area contributed by atoms with Crippen molar-refractivity contribution >= 4 is 34.8 Å². The second-order valence-corrected chi connectivity index (χ2v) is 7.60. The van der Waals surface area contributed by atoms with Crippen molar-refractivity contribution < 1.29 is 18.7 Å². The van der Waals surface area contributed by atoms with Crippen molar-refractivity contribution in [3.63, 3.8) is 0 Å². The molecule has 1 aliphatic heterocycles. The van der Waals surface area contributed by atoms with Crippen LogP contribution < -0.4 is 15.4 Å². The maximum atomic E-state index is 13.1. The Hall–Kier alpha value is -4.24. The number of ether oxygens (including phenoxy) is 1. The molecule has 0 aliphatic carbocycles. The van der Waals surface area contributed by atoms with Gasteiger partial charge in [-0.1, -0.05) is 11.6 Å². The number of anilines is 2. The molecule has 2 aromatic heterocycles. The van der Waals surface area contributed by atoms with E-state index < -0.39 is 11.7 Å². The lowest BCUT2D eigenvalue weighted by Crippen LogP contribution is -2.16. The van der Waals surface area contributed by atoms with E-state index in [1.165, 1.54) is 42.7 Å². The number of benzene rings is 2. The van der Waals surface area contributed by atoms with Crippen LogP contribution in [-0.4, -0.2) is 27.0 Å². The highest BCUT2D eigenvalue weighted by molar-refractivity contribution is 6.34. The van der Waals surface area contributed by atoms with Crippen molar-refractivity contribution in [2.45, 2.75) is 6.61 Å². The summed E-state index contributed by atoms with van der Waals surface area (Å²) in [6.07, 6.45) is 2.88. The van der Waals surface area contributed by atoms with Gasteiger partial charge in [-0.25, -0.2) is 4.39 Å². The van der Waals surface area contributed by atoms with Crippen molar-refractivity contribution in [3.8, 4) is 17.0 Å². The van der Waals surface area contributed by atoms with E-state index in [4.69, 9.17) is 16.3 Å². The number of nitrogens with one attached hydrogen (secondary N) is 3. The third kappa shape index (κ3) is 4.01. The van der Waals surface area contributed by atoms with Gasteiger partial charge in [-0.15, -0.1) is 0 Å². The number of hydrogen-bond donors (Lipinski definition) is 3. The second kappa shape index (κ2) is 8.36. The maximum Gasteiger partial charge on any atom is 0.274 e. The molecule has 3 N–H and O–H groups in total. The average Bonchev–Trinajstić information content (AvgIpc) is 3.26. The van der Waals surface area contributed by atoms with Gasteiger partial charge in [-0.2, -0.15) is 5.10 Å². The average molecular weight is 464 g/mol. The molecule has 33 heavy (non-hydrogen) atoms. The van der Waals surface area contributed by atoms with Crippen LogP contribution in [0, 0.1) is 5.82 Å². The number of pyridine rings is 1. The molecule has 10 heteroatoms. The molecule has 0 fully saturated rings. The number of hydrogen-bond acceptors (Lipinski definition) is 5. The van der Waals surface area contributed by atoms with E-state index in [-0.39, 0.29) is 23.2 Å². The van der Waals surface area contributed by atoms with Crippen molar-refractivity contribution in [3.05, 3.63) is 88.6 Å². The highest BCUT2D eigenvalue weighted by Crippen LogP contribution is 2.39. The Morgan fingerprint density at radius 3 is 2.58 bits per heavy atom. The summed E-state index contributed by atoms with van der Waals surface area (Å²) in [5, 5.41) is 12.8. The molecule has 8 nitrogen and oxygen atoms in total. The van der Waals surface area contributed by atoms with Crippen LogP contribution in [0.4, 0.5) is 15.8 Å². The minimum absolute atomic E-state index is 0.142. The molecular formula is C23H15ClFN5O3. The van der Waals surface area contributed by atoms with Crippen molar-refractivity contribution in [2.75, 3.05) is 10.6 Å². The zero-order chi connectivity index (χ0) is 22.9. The predicted octanol–water partition coefficient (Wildman–Crippen LogP) is 4.66. The monoisotopic (exact) mass is 463 g/mol. The fourth-order valence-electron chi connectivity index (χ4n) is 3.47. The first-order valence-electron chi connectivity index (χ1n) is 9.82. The van der Waals surface area contributed by atoms with Gasteiger partial charge in [0.15, 0.2) is 0 Å². The number of aromatic nitrogens is 3. The molecule has 0 radical (unpaired) electrons. The van der Waals surface area contributed by atoms with E-state index in [9.17, 15) is 14.0 Å². The van der Waals surface area contributed by atoms with Crippen molar-refractivity contribution in [1.82, 2.24) is 15.2 Å². The summed E-state index contributed by atoms with van der Waals surface area (Å²) < 4.78 is 18.9. The third-order valence-corrected chi connectivity index (χ3v) is 5.38. The fraction of sp³-hybridized carbons (Fsp3) is 0.0435. The van der Waals surface area contributed by atoms with Gasteiger partial charge in [0.1, 0.15) is 29.6 Å². The molecule has 0 unspecified atom stereocenters. The van der Waals surface area contributed by atoms with Crippen LogP contribution in [0.3, 0.4) is 0 Å². The molecule has 2 aromatic carbocycles. The van der Waals surface area contributed by atoms with Gasteiger partial charge in [0, 0.05) is 34.9 Å². The number of nitrogens with zero attached hydrogens (tertiary/aromatic N) is 2. The number of rotatable bonds is 4. The lowest BCUT2D eigenvalue weighted by Gasteiger charge is -2.18. The Bertz CT molecular complexity index is 1390. The number of carbonyl (C=O) groups is 2.